The van der Waals surface area contributed by atoms with Gasteiger partial charge in [0.05, 0.1) is 17.7 Å². The standard InChI is InChI=1S/C19H20O6/c1-19(2,3)11-24-13-5-7-14(8-6-13)25-18(23)16-10-12(20)4-9-15(16)17(21)22/h4-10,20H,11H2,1-3H3,(H,21,22). The number of carbonyl (C=O) groups excluding carboxylic acids is 1. The fraction of sp³-hybridized carbons (Fsp3) is 0.263. The van der Waals surface area contributed by atoms with E-state index in [0.29, 0.717) is 12.4 Å². The number of rotatable bonds is 5. The molecule has 0 unspecified atom stereocenters. The maximum absolute atomic E-state index is 12.2. The third-order valence-corrected chi connectivity index (χ3v) is 3.16. The van der Waals surface area contributed by atoms with Gasteiger partial charge >= 0.3 is 11.9 Å². The van der Waals surface area contributed by atoms with Gasteiger partial charge in [-0.05, 0) is 47.9 Å². The van der Waals surface area contributed by atoms with Crippen LogP contribution in [0, 0.1) is 5.41 Å². The summed E-state index contributed by atoms with van der Waals surface area (Å²) in [6, 6.07) is 9.84. The van der Waals surface area contributed by atoms with Gasteiger partial charge in [-0.25, -0.2) is 9.59 Å². The van der Waals surface area contributed by atoms with Crippen LogP contribution in [0.2, 0.25) is 0 Å². The number of aromatic hydroxyl groups is 1. The molecular weight excluding hydrogens is 324 g/mol. The minimum Gasteiger partial charge on any atom is -0.508 e. The van der Waals surface area contributed by atoms with Crippen molar-refractivity contribution in [2.75, 3.05) is 6.61 Å². The van der Waals surface area contributed by atoms with Gasteiger partial charge in [0.25, 0.3) is 0 Å². The fourth-order valence-corrected chi connectivity index (χ4v) is 1.95. The van der Waals surface area contributed by atoms with Crippen LogP contribution in [-0.4, -0.2) is 28.8 Å². The number of aromatic carboxylic acids is 1. The number of carboxylic acid groups (broad SMARTS) is 1. The van der Waals surface area contributed by atoms with E-state index in [9.17, 15) is 14.7 Å². The molecule has 2 aromatic rings. The lowest BCUT2D eigenvalue weighted by Gasteiger charge is -2.18. The molecule has 2 rings (SSSR count). The van der Waals surface area contributed by atoms with Crippen molar-refractivity contribution in [1.82, 2.24) is 0 Å². The first-order valence-corrected chi connectivity index (χ1v) is 7.67. The Bertz CT molecular complexity index is 771. The highest BCUT2D eigenvalue weighted by molar-refractivity contribution is 6.03. The van der Waals surface area contributed by atoms with E-state index in [0.717, 1.165) is 12.1 Å². The second-order valence-corrected chi connectivity index (χ2v) is 6.75. The van der Waals surface area contributed by atoms with Crippen LogP contribution >= 0.6 is 0 Å². The van der Waals surface area contributed by atoms with Crippen LogP contribution in [-0.2, 0) is 0 Å². The molecule has 0 radical (unpaired) electrons. The van der Waals surface area contributed by atoms with Crippen molar-refractivity contribution < 1.29 is 29.3 Å². The van der Waals surface area contributed by atoms with E-state index < -0.39 is 11.9 Å². The highest BCUT2D eigenvalue weighted by atomic mass is 16.5. The number of carboxylic acids is 1. The number of ether oxygens (including phenoxy) is 2. The summed E-state index contributed by atoms with van der Waals surface area (Å²) in [6.07, 6.45) is 0. The van der Waals surface area contributed by atoms with Crippen LogP contribution in [0.15, 0.2) is 42.5 Å². The predicted octanol–water partition coefficient (Wildman–Crippen LogP) is 3.73. The third-order valence-electron chi connectivity index (χ3n) is 3.16. The molecule has 0 aromatic heterocycles. The second-order valence-electron chi connectivity index (χ2n) is 6.75. The largest absolute Gasteiger partial charge is 0.508 e. The molecule has 0 aliphatic carbocycles. The van der Waals surface area contributed by atoms with E-state index in [-0.39, 0.29) is 28.0 Å². The van der Waals surface area contributed by atoms with Gasteiger partial charge in [0.1, 0.15) is 17.2 Å². The average molecular weight is 344 g/mol. The molecule has 0 saturated heterocycles. The van der Waals surface area contributed by atoms with E-state index in [4.69, 9.17) is 14.6 Å². The van der Waals surface area contributed by atoms with Gasteiger partial charge < -0.3 is 19.7 Å². The number of hydrogen-bond acceptors (Lipinski definition) is 5. The topological polar surface area (TPSA) is 93.1 Å². The van der Waals surface area contributed by atoms with Crippen molar-refractivity contribution in [1.29, 1.82) is 0 Å². The van der Waals surface area contributed by atoms with Crippen LogP contribution < -0.4 is 9.47 Å². The Morgan fingerprint density at radius 3 is 2.12 bits per heavy atom. The number of phenolic OH excluding ortho intramolecular Hbond substituents is 1. The normalized spacial score (nSPS) is 11.0. The van der Waals surface area contributed by atoms with Crippen molar-refractivity contribution >= 4 is 11.9 Å². The van der Waals surface area contributed by atoms with E-state index in [2.05, 4.69) is 20.8 Å². The zero-order chi connectivity index (χ0) is 18.6. The molecule has 6 nitrogen and oxygen atoms in total. The molecule has 0 fully saturated rings. The summed E-state index contributed by atoms with van der Waals surface area (Å²) < 4.78 is 10.8. The molecule has 6 heteroatoms. The molecule has 132 valence electrons. The lowest BCUT2D eigenvalue weighted by molar-refractivity contribution is 0.0667. The first kappa shape index (κ1) is 18.3. The SMILES string of the molecule is CC(C)(C)COc1ccc(OC(=O)c2cc(O)ccc2C(=O)O)cc1. The Hall–Kier alpha value is -3.02. The minimum absolute atomic E-state index is 0.0215. The van der Waals surface area contributed by atoms with Gasteiger partial charge in [-0.3, -0.25) is 0 Å². The molecule has 0 aliphatic heterocycles. The zero-order valence-corrected chi connectivity index (χ0v) is 14.3. The molecular formula is C19H20O6. The van der Waals surface area contributed by atoms with Crippen LogP contribution in [0.1, 0.15) is 41.5 Å². The number of hydrogen-bond donors (Lipinski definition) is 2. The van der Waals surface area contributed by atoms with Gasteiger partial charge in [0.2, 0.25) is 0 Å². The van der Waals surface area contributed by atoms with Crippen molar-refractivity contribution in [3.8, 4) is 17.2 Å². The van der Waals surface area contributed by atoms with E-state index in [1.165, 1.54) is 6.07 Å². The summed E-state index contributed by atoms with van der Waals surface area (Å²) in [5.74, 6) is -1.48. The Kier molecular flexibility index (Phi) is 5.32. The van der Waals surface area contributed by atoms with Gasteiger partial charge in [-0.15, -0.1) is 0 Å². The lowest BCUT2D eigenvalue weighted by atomic mass is 9.99. The first-order chi connectivity index (χ1) is 11.7. The Morgan fingerprint density at radius 2 is 1.56 bits per heavy atom. The summed E-state index contributed by atoms with van der Waals surface area (Å²) in [4.78, 5) is 23.4. The molecule has 2 aromatic carbocycles. The van der Waals surface area contributed by atoms with Crippen LogP contribution in [0.3, 0.4) is 0 Å². The molecule has 0 spiro atoms. The van der Waals surface area contributed by atoms with Crippen LogP contribution in [0.4, 0.5) is 0 Å². The van der Waals surface area contributed by atoms with Crippen molar-refractivity contribution in [3.05, 3.63) is 53.6 Å². The summed E-state index contributed by atoms with van der Waals surface area (Å²) in [5.41, 5.74) is -0.443. The van der Waals surface area contributed by atoms with E-state index in [1.54, 1.807) is 24.3 Å². The molecule has 0 amide bonds. The van der Waals surface area contributed by atoms with Gasteiger partial charge in [-0.1, -0.05) is 20.8 Å². The Labute approximate surface area is 145 Å². The number of benzene rings is 2. The highest BCUT2D eigenvalue weighted by Crippen LogP contribution is 2.23. The minimum atomic E-state index is -1.28. The molecule has 2 N–H and O–H groups in total. The molecule has 0 bridgehead atoms. The monoisotopic (exact) mass is 344 g/mol. The average Bonchev–Trinajstić information content (AvgIpc) is 2.53. The fourth-order valence-electron chi connectivity index (χ4n) is 1.95. The van der Waals surface area contributed by atoms with E-state index >= 15 is 0 Å². The molecule has 25 heavy (non-hydrogen) atoms. The zero-order valence-electron chi connectivity index (χ0n) is 14.3. The van der Waals surface area contributed by atoms with Gasteiger partial charge in [0, 0.05) is 0 Å². The number of carbonyl (C=O) groups is 2. The molecule has 0 heterocycles. The van der Waals surface area contributed by atoms with Crippen molar-refractivity contribution in [3.63, 3.8) is 0 Å². The van der Waals surface area contributed by atoms with Crippen molar-refractivity contribution in [2.45, 2.75) is 20.8 Å². The smallest absolute Gasteiger partial charge is 0.344 e. The molecule has 0 atom stereocenters. The quantitative estimate of drug-likeness (QED) is 0.634. The summed E-state index contributed by atoms with van der Waals surface area (Å²) in [6.45, 7) is 6.70. The molecule has 0 aliphatic rings. The number of esters is 1. The third kappa shape index (κ3) is 5.24. The Balaban J connectivity index is 2.11. The van der Waals surface area contributed by atoms with Crippen LogP contribution in [0.5, 0.6) is 17.2 Å². The van der Waals surface area contributed by atoms with E-state index in [1.807, 2.05) is 0 Å². The van der Waals surface area contributed by atoms with Gasteiger partial charge in [-0.2, -0.15) is 0 Å². The predicted molar refractivity (Wildman–Crippen MR) is 91.4 cm³/mol. The maximum Gasteiger partial charge on any atom is 0.344 e. The van der Waals surface area contributed by atoms with Crippen LogP contribution in [0.25, 0.3) is 0 Å². The number of phenols is 1. The molecule has 0 saturated carbocycles. The summed E-state index contributed by atoms with van der Waals surface area (Å²) in [7, 11) is 0. The summed E-state index contributed by atoms with van der Waals surface area (Å²) in [5, 5.41) is 18.6. The lowest BCUT2D eigenvalue weighted by Crippen LogP contribution is -2.16. The van der Waals surface area contributed by atoms with Gasteiger partial charge in [0.15, 0.2) is 0 Å². The van der Waals surface area contributed by atoms with Crippen molar-refractivity contribution in [2.24, 2.45) is 5.41 Å². The first-order valence-electron chi connectivity index (χ1n) is 7.67. The Morgan fingerprint density at radius 1 is 0.960 bits per heavy atom. The summed E-state index contributed by atoms with van der Waals surface area (Å²) >= 11 is 0. The highest BCUT2D eigenvalue weighted by Gasteiger charge is 2.19. The second kappa shape index (κ2) is 7.25. The maximum atomic E-state index is 12.2.